The van der Waals surface area contributed by atoms with Crippen LogP contribution in [0, 0.1) is 12.7 Å². The molecule has 0 aromatic heterocycles. The van der Waals surface area contributed by atoms with Crippen LogP contribution in [-0.4, -0.2) is 20.9 Å². The van der Waals surface area contributed by atoms with Gasteiger partial charge < -0.3 is 5.32 Å². The summed E-state index contributed by atoms with van der Waals surface area (Å²) in [4.78, 5) is 12.3. The number of halogens is 1. The molecule has 0 heterocycles. The smallest absolute Gasteiger partial charge is 0.262 e. The topological polar surface area (TPSA) is 75.3 Å². The van der Waals surface area contributed by atoms with Gasteiger partial charge >= 0.3 is 0 Å². The summed E-state index contributed by atoms with van der Waals surface area (Å²) in [5.41, 5.74) is 2.47. The van der Waals surface area contributed by atoms with Gasteiger partial charge in [-0.3, -0.25) is 9.52 Å². The standard InChI is InChI=1S/C23H23FN2O3S/c1-17-7-4-8-18(15-17)9-6-14-25-23(27)19-10-5-11-20(16-19)30(28,29)26-22-13-3-2-12-21(22)24/h2-5,7-8,10-13,15-16,26H,6,9,14H2,1H3,(H,25,27). The summed E-state index contributed by atoms with van der Waals surface area (Å²) in [5, 5.41) is 2.81. The lowest BCUT2D eigenvalue weighted by Gasteiger charge is -2.10. The average Bonchev–Trinajstić information content (AvgIpc) is 2.73. The lowest BCUT2D eigenvalue weighted by molar-refractivity contribution is 0.0953. The Kier molecular flexibility index (Phi) is 6.84. The first-order chi connectivity index (χ1) is 14.3. The molecule has 0 fully saturated rings. The Hall–Kier alpha value is -3.19. The first-order valence-corrected chi connectivity index (χ1v) is 11.0. The number of aryl methyl sites for hydroxylation is 2. The number of rotatable bonds is 8. The Labute approximate surface area is 176 Å². The maximum Gasteiger partial charge on any atom is 0.262 e. The van der Waals surface area contributed by atoms with Gasteiger partial charge in [-0.05, 0) is 55.7 Å². The van der Waals surface area contributed by atoms with Gasteiger partial charge in [0.15, 0.2) is 0 Å². The third-order valence-electron chi connectivity index (χ3n) is 4.53. The van der Waals surface area contributed by atoms with Gasteiger partial charge in [-0.1, -0.05) is 48.0 Å². The van der Waals surface area contributed by atoms with E-state index in [1.54, 1.807) is 0 Å². The van der Waals surface area contributed by atoms with Crippen LogP contribution < -0.4 is 10.0 Å². The van der Waals surface area contributed by atoms with E-state index >= 15 is 0 Å². The number of anilines is 1. The van der Waals surface area contributed by atoms with Gasteiger partial charge in [0.2, 0.25) is 0 Å². The predicted molar refractivity (Wildman–Crippen MR) is 115 cm³/mol. The summed E-state index contributed by atoms with van der Waals surface area (Å²) in [6, 6.07) is 19.4. The number of amides is 1. The van der Waals surface area contributed by atoms with Crippen LogP contribution in [0.3, 0.4) is 0 Å². The number of hydrogen-bond acceptors (Lipinski definition) is 3. The summed E-state index contributed by atoms with van der Waals surface area (Å²) < 4.78 is 41.1. The maximum absolute atomic E-state index is 13.8. The molecule has 0 aliphatic rings. The summed E-state index contributed by atoms with van der Waals surface area (Å²) in [5.74, 6) is -1.04. The van der Waals surface area contributed by atoms with Crippen LogP contribution in [0.15, 0.2) is 77.7 Å². The van der Waals surface area contributed by atoms with Gasteiger partial charge in [-0.15, -0.1) is 0 Å². The highest BCUT2D eigenvalue weighted by molar-refractivity contribution is 7.92. The third kappa shape index (κ3) is 5.67. The van der Waals surface area contributed by atoms with E-state index in [1.807, 2.05) is 25.1 Å². The second kappa shape index (κ2) is 9.54. The zero-order chi connectivity index (χ0) is 21.6. The predicted octanol–water partition coefficient (Wildman–Crippen LogP) is 4.30. The van der Waals surface area contributed by atoms with Crippen molar-refractivity contribution in [1.29, 1.82) is 0 Å². The highest BCUT2D eigenvalue weighted by atomic mass is 32.2. The van der Waals surface area contributed by atoms with Crippen molar-refractivity contribution in [2.45, 2.75) is 24.7 Å². The molecular formula is C23H23FN2O3S. The Morgan fingerprint density at radius 3 is 2.50 bits per heavy atom. The van der Waals surface area contributed by atoms with Crippen LogP contribution in [0.2, 0.25) is 0 Å². The second-order valence-electron chi connectivity index (χ2n) is 6.96. The van der Waals surface area contributed by atoms with E-state index in [9.17, 15) is 17.6 Å². The fraction of sp³-hybridized carbons (Fsp3) is 0.174. The monoisotopic (exact) mass is 426 g/mol. The van der Waals surface area contributed by atoms with E-state index < -0.39 is 15.8 Å². The molecule has 0 saturated heterocycles. The molecule has 3 rings (SSSR count). The normalized spacial score (nSPS) is 11.1. The van der Waals surface area contributed by atoms with Crippen molar-refractivity contribution >= 4 is 21.6 Å². The van der Waals surface area contributed by atoms with Gasteiger partial charge in [-0.25, -0.2) is 12.8 Å². The summed E-state index contributed by atoms with van der Waals surface area (Å²) >= 11 is 0. The molecular weight excluding hydrogens is 403 g/mol. The third-order valence-corrected chi connectivity index (χ3v) is 5.90. The lowest BCUT2D eigenvalue weighted by atomic mass is 10.1. The Morgan fingerprint density at radius 1 is 0.967 bits per heavy atom. The molecule has 0 saturated carbocycles. The van der Waals surface area contributed by atoms with Gasteiger partial charge in [-0.2, -0.15) is 0 Å². The maximum atomic E-state index is 13.8. The highest BCUT2D eigenvalue weighted by Gasteiger charge is 2.18. The zero-order valence-electron chi connectivity index (χ0n) is 16.6. The van der Waals surface area contributed by atoms with E-state index in [2.05, 4.69) is 16.1 Å². The van der Waals surface area contributed by atoms with Crippen LogP contribution in [0.4, 0.5) is 10.1 Å². The lowest BCUT2D eigenvalue weighted by Crippen LogP contribution is -2.25. The largest absolute Gasteiger partial charge is 0.352 e. The molecule has 2 N–H and O–H groups in total. The second-order valence-corrected chi connectivity index (χ2v) is 8.64. The molecule has 3 aromatic rings. The minimum atomic E-state index is -4.03. The van der Waals surface area contributed by atoms with Gasteiger partial charge in [0.1, 0.15) is 5.82 Å². The molecule has 7 heteroatoms. The molecule has 0 aliphatic heterocycles. The molecule has 156 valence electrons. The minimum Gasteiger partial charge on any atom is -0.352 e. The van der Waals surface area contributed by atoms with Crippen LogP contribution in [0.1, 0.15) is 27.9 Å². The van der Waals surface area contributed by atoms with Crippen LogP contribution in [0.25, 0.3) is 0 Å². The summed E-state index contributed by atoms with van der Waals surface area (Å²) in [6.45, 7) is 2.50. The average molecular weight is 427 g/mol. The van der Waals surface area contributed by atoms with Crippen LogP contribution in [-0.2, 0) is 16.4 Å². The number of para-hydroxylation sites is 1. The minimum absolute atomic E-state index is 0.113. The van der Waals surface area contributed by atoms with Crippen LogP contribution >= 0.6 is 0 Å². The number of sulfonamides is 1. The highest BCUT2D eigenvalue weighted by Crippen LogP contribution is 2.19. The molecule has 30 heavy (non-hydrogen) atoms. The molecule has 0 aliphatic carbocycles. The van der Waals surface area contributed by atoms with E-state index in [4.69, 9.17) is 0 Å². The van der Waals surface area contributed by atoms with E-state index in [0.717, 1.165) is 12.8 Å². The van der Waals surface area contributed by atoms with Crippen molar-refractivity contribution in [2.24, 2.45) is 0 Å². The first-order valence-electron chi connectivity index (χ1n) is 9.56. The molecule has 0 unspecified atom stereocenters. The van der Waals surface area contributed by atoms with Gasteiger partial charge in [0, 0.05) is 12.1 Å². The first kappa shape index (κ1) is 21.5. The van der Waals surface area contributed by atoms with E-state index in [0.29, 0.717) is 6.54 Å². The van der Waals surface area contributed by atoms with Gasteiger partial charge in [0.05, 0.1) is 10.6 Å². The quantitative estimate of drug-likeness (QED) is 0.528. The van der Waals surface area contributed by atoms with E-state index in [-0.39, 0.29) is 22.1 Å². The number of benzene rings is 3. The van der Waals surface area contributed by atoms with Gasteiger partial charge in [0.25, 0.3) is 15.9 Å². The number of carbonyl (C=O) groups excluding carboxylic acids is 1. The molecule has 5 nitrogen and oxygen atoms in total. The van der Waals surface area contributed by atoms with E-state index in [1.165, 1.54) is 59.7 Å². The molecule has 3 aromatic carbocycles. The Morgan fingerprint density at radius 2 is 1.73 bits per heavy atom. The number of hydrogen-bond donors (Lipinski definition) is 2. The van der Waals surface area contributed by atoms with Crippen molar-refractivity contribution in [3.63, 3.8) is 0 Å². The SMILES string of the molecule is Cc1cccc(CCCNC(=O)c2cccc(S(=O)(=O)Nc3ccccc3F)c2)c1. The number of carbonyl (C=O) groups is 1. The fourth-order valence-corrected chi connectivity index (χ4v) is 4.13. The zero-order valence-corrected chi connectivity index (χ0v) is 17.4. The summed E-state index contributed by atoms with van der Waals surface area (Å²) in [7, 11) is -4.03. The van der Waals surface area contributed by atoms with Crippen molar-refractivity contribution in [3.8, 4) is 0 Å². The Balaban J connectivity index is 1.61. The van der Waals surface area contributed by atoms with Crippen molar-refractivity contribution < 1.29 is 17.6 Å². The van der Waals surface area contributed by atoms with Crippen LogP contribution in [0.5, 0.6) is 0 Å². The molecule has 0 atom stereocenters. The summed E-state index contributed by atoms with van der Waals surface area (Å²) in [6.07, 6.45) is 1.60. The molecule has 1 amide bonds. The Bertz CT molecular complexity index is 1150. The molecule has 0 spiro atoms. The molecule has 0 radical (unpaired) electrons. The van der Waals surface area contributed by atoms with Crippen molar-refractivity contribution in [2.75, 3.05) is 11.3 Å². The van der Waals surface area contributed by atoms with Crippen molar-refractivity contribution in [3.05, 3.63) is 95.3 Å². The van der Waals surface area contributed by atoms with Crippen molar-refractivity contribution in [1.82, 2.24) is 5.32 Å². The molecule has 0 bridgehead atoms. The number of nitrogens with one attached hydrogen (secondary N) is 2. The fourth-order valence-electron chi connectivity index (χ4n) is 3.02.